The standard InChI is InChI=1S/C16H18N2O3S/c1-2-11-6-3-4-7-12(11)18-16(21)15(20)17-10-13(19)14-8-5-9-22-14/h3-9,13,19H,2,10H2,1H3,(H,17,20)(H,18,21). The van der Waals surface area contributed by atoms with Gasteiger partial charge in [0.1, 0.15) is 6.10 Å². The minimum Gasteiger partial charge on any atom is -0.386 e. The van der Waals surface area contributed by atoms with E-state index >= 15 is 0 Å². The maximum Gasteiger partial charge on any atom is 0.313 e. The number of rotatable bonds is 5. The highest BCUT2D eigenvalue weighted by Crippen LogP contribution is 2.18. The fourth-order valence-corrected chi connectivity index (χ4v) is 2.69. The summed E-state index contributed by atoms with van der Waals surface area (Å²) in [6, 6.07) is 10.9. The highest BCUT2D eigenvalue weighted by Gasteiger charge is 2.17. The number of nitrogens with one attached hydrogen (secondary N) is 2. The number of aliphatic hydroxyl groups excluding tert-OH is 1. The Morgan fingerprint density at radius 1 is 1.18 bits per heavy atom. The van der Waals surface area contributed by atoms with Crippen LogP contribution in [0.2, 0.25) is 0 Å². The smallest absolute Gasteiger partial charge is 0.313 e. The first-order valence-electron chi connectivity index (χ1n) is 7.00. The first-order chi connectivity index (χ1) is 10.6. The highest BCUT2D eigenvalue weighted by atomic mass is 32.1. The number of aliphatic hydroxyl groups is 1. The molecule has 0 bridgehead atoms. The van der Waals surface area contributed by atoms with E-state index in [1.54, 1.807) is 18.2 Å². The van der Waals surface area contributed by atoms with Crippen molar-refractivity contribution in [2.24, 2.45) is 0 Å². The van der Waals surface area contributed by atoms with Gasteiger partial charge >= 0.3 is 11.8 Å². The molecule has 6 heteroatoms. The molecule has 2 aromatic rings. The van der Waals surface area contributed by atoms with Crippen LogP contribution in [-0.4, -0.2) is 23.5 Å². The Kier molecular flexibility index (Phi) is 5.68. The van der Waals surface area contributed by atoms with Crippen molar-refractivity contribution in [1.82, 2.24) is 5.32 Å². The number of thiophene rings is 1. The molecule has 2 amide bonds. The molecule has 3 N–H and O–H groups in total. The molecule has 0 saturated carbocycles. The van der Waals surface area contributed by atoms with E-state index in [0.717, 1.165) is 16.9 Å². The van der Waals surface area contributed by atoms with Gasteiger partial charge in [0.2, 0.25) is 0 Å². The first kappa shape index (κ1) is 16.2. The minimum atomic E-state index is -0.806. The monoisotopic (exact) mass is 318 g/mol. The zero-order valence-electron chi connectivity index (χ0n) is 12.2. The molecule has 22 heavy (non-hydrogen) atoms. The van der Waals surface area contributed by atoms with Crippen molar-refractivity contribution in [2.75, 3.05) is 11.9 Å². The zero-order chi connectivity index (χ0) is 15.9. The molecule has 0 fully saturated rings. The quantitative estimate of drug-likeness (QED) is 0.739. The lowest BCUT2D eigenvalue weighted by Gasteiger charge is -2.11. The number of hydrogen-bond acceptors (Lipinski definition) is 4. The van der Waals surface area contributed by atoms with Crippen LogP contribution in [0.15, 0.2) is 41.8 Å². The van der Waals surface area contributed by atoms with Crippen molar-refractivity contribution in [3.8, 4) is 0 Å². The van der Waals surface area contributed by atoms with Gasteiger partial charge in [0.15, 0.2) is 0 Å². The summed E-state index contributed by atoms with van der Waals surface area (Å²) in [7, 11) is 0. The Bertz CT molecular complexity index is 641. The number of anilines is 1. The summed E-state index contributed by atoms with van der Waals surface area (Å²) in [6.07, 6.45) is -0.0468. The van der Waals surface area contributed by atoms with Gasteiger partial charge in [-0.3, -0.25) is 9.59 Å². The van der Waals surface area contributed by atoms with Crippen LogP contribution in [0.1, 0.15) is 23.5 Å². The van der Waals surface area contributed by atoms with Crippen LogP contribution in [0.4, 0.5) is 5.69 Å². The Morgan fingerprint density at radius 3 is 2.64 bits per heavy atom. The van der Waals surface area contributed by atoms with E-state index in [0.29, 0.717) is 5.69 Å². The molecule has 2 rings (SSSR count). The number of carbonyl (C=O) groups is 2. The number of hydrogen-bond donors (Lipinski definition) is 3. The fraction of sp³-hybridized carbons (Fsp3) is 0.250. The zero-order valence-corrected chi connectivity index (χ0v) is 13.0. The lowest BCUT2D eigenvalue weighted by atomic mass is 10.1. The summed E-state index contributed by atoms with van der Waals surface area (Å²) in [6.45, 7) is 1.98. The van der Waals surface area contributed by atoms with Crippen LogP contribution in [0.5, 0.6) is 0 Å². The summed E-state index contributed by atoms with van der Waals surface area (Å²) in [5.41, 5.74) is 1.59. The first-order valence-corrected chi connectivity index (χ1v) is 7.88. The number of amides is 2. The van der Waals surface area contributed by atoms with Crippen LogP contribution in [0.3, 0.4) is 0 Å². The predicted octanol–water partition coefficient (Wildman–Crippen LogP) is 2.10. The van der Waals surface area contributed by atoms with E-state index in [1.165, 1.54) is 11.3 Å². The van der Waals surface area contributed by atoms with E-state index in [-0.39, 0.29) is 6.54 Å². The second kappa shape index (κ2) is 7.72. The Hall–Kier alpha value is -2.18. The fourth-order valence-electron chi connectivity index (χ4n) is 1.98. The van der Waals surface area contributed by atoms with Crippen molar-refractivity contribution >= 4 is 28.8 Å². The third-order valence-electron chi connectivity index (χ3n) is 3.18. The van der Waals surface area contributed by atoms with Gasteiger partial charge < -0.3 is 15.7 Å². The highest BCUT2D eigenvalue weighted by molar-refractivity contribution is 7.10. The average molecular weight is 318 g/mol. The summed E-state index contributed by atoms with van der Waals surface area (Å²) < 4.78 is 0. The normalized spacial score (nSPS) is 11.7. The molecular formula is C16H18N2O3S. The molecule has 5 nitrogen and oxygen atoms in total. The van der Waals surface area contributed by atoms with Crippen LogP contribution in [-0.2, 0) is 16.0 Å². The van der Waals surface area contributed by atoms with Crippen molar-refractivity contribution in [2.45, 2.75) is 19.4 Å². The van der Waals surface area contributed by atoms with Crippen LogP contribution >= 0.6 is 11.3 Å². The summed E-state index contributed by atoms with van der Waals surface area (Å²) >= 11 is 1.40. The Balaban J connectivity index is 1.88. The molecule has 0 aliphatic rings. The SMILES string of the molecule is CCc1ccccc1NC(=O)C(=O)NCC(O)c1cccs1. The number of carbonyl (C=O) groups excluding carboxylic acids is 2. The van der Waals surface area contributed by atoms with E-state index < -0.39 is 17.9 Å². The molecule has 116 valence electrons. The number of benzene rings is 1. The van der Waals surface area contributed by atoms with Crippen molar-refractivity contribution in [3.63, 3.8) is 0 Å². The van der Waals surface area contributed by atoms with Crippen LogP contribution < -0.4 is 10.6 Å². The van der Waals surface area contributed by atoms with E-state index in [4.69, 9.17) is 0 Å². The van der Waals surface area contributed by atoms with Crippen molar-refractivity contribution in [1.29, 1.82) is 0 Å². The molecule has 0 radical (unpaired) electrons. The lowest BCUT2D eigenvalue weighted by Crippen LogP contribution is -2.37. The molecule has 1 atom stereocenters. The van der Waals surface area contributed by atoms with Gasteiger partial charge in [0.05, 0.1) is 0 Å². The van der Waals surface area contributed by atoms with Crippen molar-refractivity contribution < 1.29 is 14.7 Å². The van der Waals surface area contributed by atoms with Gasteiger partial charge in [-0.25, -0.2) is 0 Å². The predicted molar refractivity (Wildman–Crippen MR) is 86.7 cm³/mol. The second-order valence-corrected chi connectivity index (χ2v) is 5.69. The largest absolute Gasteiger partial charge is 0.386 e. The molecule has 0 aliphatic carbocycles. The summed E-state index contributed by atoms with van der Waals surface area (Å²) in [5, 5.41) is 16.7. The Morgan fingerprint density at radius 2 is 1.95 bits per heavy atom. The molecule has 1 heterocycles. The maximum absolute atomic E-state index is 11.9. The average Bonchev–Trinajstić information content (AvgIpc) is 3.07. The summed E-state index contributed by atoms with van der Waals surface area (Å²) in [5.74, 6) is -1.50. The minimum absolute atomic E-state index is 0.00217. The van der Waals surface area contributed by atoms with E-state index in [2.05, 4.69) is 10.6 Å². The Labute approximate surface area is 133 Å². The van der Waals surface area contributed by atoms with Gasteiger partial charge in [-0.15, -0.1) is 11.3 Å². The third kappa shape index (κ3) is 4.16. The topological polar surface area (TPSA) is 78.4 Å². The van der Waals surface area contributed by atoms with E-state index in [1.807, 2.05) is 30.5 Å². The van der Waals surface area contributed by atoms with E-state index in [9.17, 15) is 14.7 Å². The molecule has 0 spiro atoms. The van der Waals surface area contributed by atoms with Gasteiger partial charge in [-0.05, 0) is 29.5 Å². The van der Waals surface area contributed by atoms with Crippen LogP contribution in [0.25, 0.3) is 0 Å². The second-order valence-electron chi connectivity index (χ2n) is 4.71. The molecule has 0 saturated heterocycles. The summed E-state index contributed by atoms with van der Waals surface area (Å²) in [4.78, 5) is 24.4. The van der Waals surface area contributed by atoms with Crippen molar-refractivity contribution in [3.05, 3.63) is 52.2 Å². The molecule has 1 aromatic heterocycles. The lowest BCUT2D eigenvalue weighted by molar-refractivity contribution is -0.136. The maximum atomic E-state index is 11.9. The van der Waals surface area contributed by atoms with Gasteiger partial charge in [-0.2, -0.15) is 0 Å². The van der Waals surface area contributed by atoms with Gasteiger partial charge in [-0.1, -0.05) is 31.2 Å². The third-order valence-corrected chi connectivity index (χ3v) is 4.15. The number of aryl methyl sites for hydroxylation is 1. The molecular weight excluding hydrogens is 300 g/mol. The molecule has 1 aromatic carbocycles. The van der Waals surface area contributed by atoms with Gasteiger partial charge in [0, 0.05) is 17.1 Å². The number of para-hydroxylation sites is 1. The van der Waals surface area contributed by atoms with Gasteiger partial charge in [0.25, 0.3) is 0 Å². The van der Waals surface area contributed by atoms with Crippen LogP contribution in [0, 0.1) is 0 Å². The molecule has 1 unspecified atom stereocenters. The molecule has 0 aliphatic heterocycles.